The molecule has 5 heteroatoms. The molecule has 27 heavy (non-hydrogen) atoms. The molecule has 0 spiro atoms. The maximum absolute atomic E-state index is 12.2. The van der Waals surface area contributed by atoms with E-state index < -0.39 is 0 Å². The zero-order valence-corrected chi connectivity index (χ0v) is 16.6. The molecule has 0 unspecified atom stereocenters. The summed E-state index contributed by atoms with van der Waals surface area (Å²) in [6.45, 7) is 8.98. The largest absolute Gasteiger partial charge is 0.490 e. The zero-order chi connectivity index (χ0) is 19.6. The van der Waals surface area contributed by atoms with Crippen molar-refractivity contribution >= 4 is 5.91 Å². The Morgan fingerprint density at radius 2 is 1.70 bits per heavy atom. The average molecular weight is 371 g/mol. The second kappa shape index (κ2) is 10.5. The molecule has 0 radical (unpaired) electrons. The first kappa shape index (κ1) is 20.6. The van der Waals surface area contributed by atoms with Crippen LogP contribution in [0.15, 0.2) is 42.5 Å². The summed E-state index contributed by atoms with van der Waals surface area (Å²) < 4.78 is 16.8. The lowest BCUT2D eigenvalue weighted by molar-refractivity contribution is -0.123. The Hall–Kier alpha value is -2.69. The normalized spacial score (nSPS) is 11.6. The second-order valence-corrected chi connectivity index (χ2v) is 6.15. The molecule has 0 bridgehead atoms. The van der Waals surface area contributed by atoms with Crippen LogP contribution < -0.4 is 19.5 Å². The Morgan fingerprint density at radius 1 is 0.963 bits per heavy atom. The fraction of sp³-hybridized carbons (Fsp3) is 0.409. The van der Waals surface area contributed by atoms with E-state index in [4.69, 9.17) is 14.2 Å². The minimum absolute atomic E-state index is 0.0210. The summed E-state index contributed by atoms with van der Waals surface area (Å²) in [5.74, 6) is 1.93. The maximum atomic E-state index is 12.2. The summed E-state index contributed by atoms with van der Waals surface area (Å²) in [4.78, 5) is 12.2. The lowest BCUT2D eigenvalue weighted by Crippen LogP contribution is -2.31. The Labute approximate surface area is 161 Å². The van der Waals surface area contributed by atoms with Gasteiger partial charge in [0.15, 0.2) is 18.1 Å². The van der Waals surface area contributed by atoms with Crippen LogP contribution in [0.2, 0.25) is 0 Å². The summed E-state index contributed by atoms with van der Waals surface area (Å²) in [7, 11) is 0. The van der Waals surface area contributed by atoms with Crippen molar-refractivity contribution in [2.45, 2.75) is 40.2 Å². The number of nitrogens with one attached hydrogen (secondary N) is 1. The van der Waals surface area contributed by atoms with Crippen LogP contribution in [0.25, 0.3) is 0 Å². The number of rotatable bonds is 10. The van der Waals surface area contributed by atoms with Crippen molar-refractivity contribution in [3.8, 4) is 17.2 Å². The van der Waals surface area contributed by atoms with Crippen LogP contribution in [0.5, 0.6) is 17.2 Å². The van der Waals surface area contributed by atoms with Gasteiger partial charge in [0.25, 0.3) is 5.91 Å². The Kier molecular flexibility index (Phi) is 7.99. The van der Waals surface area contributed by atoms with E-state index in [-0.39, 0.29) is 18.6 Å². The molecule has 0 aromatic heterocycles. The lowest BCUT2D eigenvalue weighted by atomic mass is 10.1. The lowest BCUT2D eigenvalue weighted by Gasteiger charge is -2.18. The summed E-state index contributed by atoms with van der Waals surface area (Å²) in [5, 5.41) is 2.96. The van der Waals surface area contributed by atoms with Crippen LogP contribution >= 0.6 is 0 Å². The number of carbonyl (C=O) groups is 1. The third-order valence-electron chi connectivity index (χ3n) is 4.12. The SMILES string of the molecule is CCOc1ccc([C@@H](C)NC(=O)COc2cccc(CC)c2)cc1OCC. The van der Waals surface area contributed by atoms with Gasteiger partial charge in [-0.3, -0.25) is 4.79 Å². The van der Waals surface area contributed by atoms with Gasteiger partial charge in [-0.15, -0.1) is 0 Å². The second-order valence-electron chi connectivity index (χ2n) is 6.15. The molecule has 0 saturated heterocycles. The zero-order valence-electron chi connectivity index (χ0n) is 16.6. The van der Waals surface area contributed by atoms with Gasteiger partial charge < -0.3 is 19.5 Å². The molecule has 0 heterocycles. The molecule has 1 N–H and O–H groups in total. The molecule has 0 aliphatic carbocycles. The van der Waals surface area contributed by atoms with E-state index in [9.17, 15) is 4.79 Å². The first-order chi connectivity index (χ1) is 13.1. The molecule has 2 rings (SSSR count). The maximum Gasteiger partial charge on any atom is 0.258 e. The number of amides is 1. The van der Waals surface area contributed by atoms with Gasteiger partial charge in [-0.1, -0.05) is 25.1 Å². The first-order valence-electron chi connectivity index (χ1n) is 9.48. The van der Waals surface area contributed by atoms with Crippen molar-refractivity contribution in [2.75, 3.05) is 19.8 Å². The third kappa shape index (κ3) is 6.20. The van der Waals surface area contributed by atoms with Crippen molar-refractivity contribution in [3.05, 3.63) is 53.6 Å². The molecule has 5 nitrogen and oxygen atoms in total. The fourth-order valence-electron chi connectivity index (χ4n) is 2.71. The number of hydrogen-bond donors (Lipinski definition) is 1. The Balaban J connectivity index is 1.95. The molecular formula is C22H29NO4. The highest BCUT2D eigenvalue weighted by Crippen LogP contribution is 2.30. The predicted octanol–water partition coefficient (Wildman–Crippen LogP) is 4.30. The van der Waals surface area contributed by atoms with Crippen molar-refractivity contribution in [2.24, 2.45) is 0 Å². The third-order valence-corrected chi connectivity index (χ3v) is 4.12. The van der Waals surface area contributed by atoms with E-state index in [0.29, 0.717) is 30.5 Å². The molecule has 0 fully saturated rings. The molecule has 146 valence electrons. The number of aryl methyl sites for hydroxylation is 1. The molecule has 0 aliphatic rings. The van der Waals surface area contributed by atoms with Gasteiger partial charge in [0.05, 0.1) is 19.3 Å². The van der Waals surface area contributed by atoms with Crippen LogP contribution in [-0.2, 0) is 11.2 Å². The van der Waals surface area contributed by atoms with E-state index >= 15 is 0 Å². The summed E-state index contributed by atoms with van der Waals surface area (Å²) >= 11 is 0. The molecule has 1 amide bonds. The number of carbonyl (C=O) groups excluding carboxylic acids is 1. The van der Waals surface area contributed by atoms with Gasteiger partial charge in [-0.2, -0.15) is 0 Å². The van der Waals surface area contributed by atoms with Crippen molar-refractivity contribution in [3.63, 3.8) is 0 Å². The summed E-state index contributed by atoms with van der Waals surface area (Å²) in [5.41, 5.74) is 2.13. The van der Waals surface area contributed by atoms with E-state index in [1.165, 1.54) is 5.56 Å². The van der Waals surface area contributed by atoms with Crippen LogP contribution in [-0.4, -0.2) is 25.7 Å². The van der Waals surface area contributed by atoms with Gasteiger partial charge in [-0.25, -0.2) is 0 Å². The molecule has 0 aliphatic heterocycles. The standard InChI is InChI=1S/C22H29NO4/c1-5-17-9-8-10-19(13-17)27-15-22(24)23-16(4)18-11-12-20(25-6-2)21(14-18)26-7-3/h8-14,16H,5-7,15H2,1-4H3,(H,23,24)/t16-/m1/s1. The highest BCUT2D eigenvalue weighted by molar-refractivity contribution is 5.78. The molecule has 1 atom stereocenters. The molecule has 2 aromatic rings. The first-order valence-corrected chi connectivity index (χ1v) is 9.48. The monoisotopic (exact) mass is 371 g/mol. The van der Waals surface area contributed by atoms with Crippen LogP contribution in [0.4, 0.5) is 0 Å². The Morgan fingerprint density at radius 3 is 2.41 bits per heavy atom. The van der Waals surface area contributed by atoms with Gasteiger partial charge >= 0.3 is 0 Å². The molecule has 2 aromatic carbocycles. The summed E-state index contributed by atoms with van der Waals surface area (Å²) in [6.07, 6.45) is 0.931. The van der Waals surface area contributed by atoms with E-state index in [1.54, 1.807) is 0 Å². The molecular weight excluding hydrogens is 342 g/mol. The minimum atomic E-state index is -0.170. The van der Waals surface area contributed by atoms with E-state index in [2.05, 4.69) is 12.2 Å². The number of hydrogen-bond acceptors (Lipinski definition) is 4. The highest BCUT2D eigenvalue weighted by Gasteiger charge is 2.14. The number of benzene rings is 2. The minimum Gasteiger partial charge on any atom is -0.490 e. The summed E-state index contributed by atoms with van der Waals surface area (Å²) in [6, 6.07) is 13.3. The fourth-order valence-corrected chi connectivity index (χ4v) is 2.71. The van der Waals surface area contributed by atoms with Crippen molar-refractivity contribution < 1.29 is 19.0 Å². The van der Waals surface area contributed by atoms with Gasteiger partial charge in [0, 0.05) is 0 Å². The predicted molar refractivity (Wildman–Crippen MR) is 107 cm³/mol. The van der Waals surface area contributed by atoms with Crippen LogP contribution in [0.3, 0.4) is 0 Å². The van der Waals surface area contributed by atoms with Crippen LogP contribution in [0, 0.1) is 0 Å². The quantitative estimate of drug-likeness (QED) is 0.676. The van der Waals surface area contributed by atoms with Crippen LogP contribution in [0.1, 0.15) is 44.9 Å². The van der Waals surface area contributed by atoms with Gasteiger partial charge in [0.1, 0.15) is 5.75 Å². The smallest absolute Gasteiger partial charge is 0.258 e. The average Bonchev–Trinajstić information content (AvgIpc) is 2.68. The highest BCUT2D eigenvalue weighted by atomic mass is 16.5. The van der Waals surface area contributed by atoms with Gasteiger partial charge in [-0.05, 0) is 62.6 Å². The van der Waals surface area contributed by atoms with E-state index in [0.717, 1.165) is 12.0 Å². The molecule has 0 saturated carbocycles. The van der Waals surface area contributed by atoms with Gasteiger partial charge in [0.2, 0.25) is 0 Å². The van der Waals surface area contributed by atoms with E-state index in [1.807, 2.05) is 63.2 Å². The van der Waals surface area contributed by atoms with Crippen molar-refractivity contribution in [1.82, 2.24) is 5.32 Å². The Bertz CT molecular complexity index is 745. The van der Waals surface area contributed by atoms with Crippen molar-refractivity contribution in [1.29, 1.82) is 0 Å². The number of ether oxygens (including phenoxy) is 3. The topological polar surface area (TPSA) is 56.8 Å².